The molecule has 0 spiro atoms. The summed E-state index contributed by atoms with van der Waals surface area (Å²) in [6.45, 7) is 4.03. The van der Waals surface area contributed by atoms with Gasteiger partial charge in [-0.25, -0.2) is 0 Å². The van der Waals surface area contributed by atoms with Crippen molar-refractivity contribution in [3.8, 4) is 16.9 Å². The zero-order valence-corrected chi connectivity index (χ0v) is 10.9. The lowest BCUT2D eigenvalue weighted by Crippen LogP contribution is -2.11. The molecule has 2 heteroatoms. The van der Waals surface area contributed by atoms with E-state index in [4.69, 9.17) is 4.74 Å². The molecule has 18 heavy (non-hydrogen) atoms. The van der Waals surface area contributed by atoms with Crippen molar-refractivity contribution in [2.45, 2.75) is 13.5 Å². The van der Waals surface area contributed by atoms with Crippen molar-refractivity contribution in [1.82, 2.24) is 5.32 Å². The van der Waals surface area contributed by atoms with Crippen LogP contribution in [-0.4, -0.2) is 13.7 Å². The van der Waals surface area contributed by atoms with Gasteiger partial charge >= 0.3 is 0 Å². The molecule has 2 aromatic rings. The number of nitrogens with one attached hydrogen (secondary N) is 1. The van der Waals surface area contributed by atoms with E-state index in [9.17, 15) is 0 Å². The first-order valence-electron chi connectivity index (χ1n) is 6.28. The summed E-state index contributed by atoms with van der Waals surface area (Å²) in [7, 11) is 1.71. The van der Waals surface area contributed by atoms with Crippen LogP contribution in [0, 0.1) is 0 Å². The minimum absolute atomic E-state index is 0.914. The van der Waals surface area contributed by atoms with Gasteiger partial charge < -0.3 is 10.1 Å². The maximum atomic E-state index is 5.38. The third kappa shape index (κ3) is 2.90. The molecule has 94 valence electrons. The van der Waals surface area contributed by atoms with Crippen LogP contribution in [-0.2, 0) is 6.54 Å². The number of rotatable bonds is 5. The Hall–Kier alpha value is -1.80. The fraction of sp³-hybridized carbons (Fsp3) is 0.250. The van der Waals surface area contributed by atoms with E-state index >= 15 is 0 Å². The van der Waals surface area contributed by atoms with Crippen LogP contribution in [0.1, 0.15) is 12.5 Å². The summed E-state index contributed by atoms with van der Waals surface area (Å²) in [5, 5.41) is 3.32. The number of para-hydroxylation sites is 1. The molecule has 0 radical (unpaired) electrons. The smallest absolute Gasteiger partial charge is 0.126 e. The average Bonchev–Trinajstić information content (AvgIpc) is 2.45. The standard InChI is InChI=1S/C16H19NO/c1-3-17-12-13-8-10-14(11-9-13)15-6-4-5-7-16(15)18-2/h4-11,17H,3,12H2,1-2H3. The lowest BCUT2D eigenvalue weighted by atomic mass is 10.0. The molecule has 0 heterocycles. The van der Waals surface area contributed by atoms with Crippen LogP contribution in [0.2, 0.25) is 0 Å². The Morgan fingerprint density at radius 1 is 1.00 bits per heavy atom. The van der Waals surface area contributed by atoms with E-state index in [2.05, 4.69) is 42.6 Å². The molecule has 1 N–H and O–H groups in total. The van der Waals surface area contributed by atoms with Crippen LogP contribution < -0.4 is 10.1 Å². The van der Waals surface area contributed by atoms with E-state index in [0.717, 1.165) is 24.4 Å². The number of ether oxygens (including phenoxy) is 1. The highest BCUT2D eigenvalue weighted by Crippen LogP contribution is 2.29. The summed E-state index contributed by atoms with van der Waals surface area (Å²) in [5.74, 6) is 0.914. The second-order valence-corrected chi connectivity index (χ2v) is 4.18. The van der Waals surface area contributed by atoms with Gasteiger partial charge in [0.1, 0.15) is 5.75 Å². The van der Waals surface area contributed by atoms with Gasteiger partial charge in [0.25, 0.3) is 0 Å². The van der Waals surface area contributed by atoms with Crippen molar-refractivity contribution in [3.05, 3.63) is 54.1 Å². The van der Waals surface area contributed by atoms with Crippen LogP contribution in [0.4, 0.5) is 0 Å². The van der Waals surface area contributed by atoms with Gasteiger partial charge in [-0.1, -0.05) is 49.4 Å². The van der Waals surface area contributed by atoms with Crippen molar-refractivity contribution in [2.24, 2.45) is 0 Å². The summed E-state index contributed by atoms with van der Waals surface area (Å²) in [6.07, 6.45) is 0. The molecular weight excluding hydrogens is 222 g/mol. The SMILES string of the molecule is CCNCc1ccc(-c2ccccc2OC)cc1. The Bertz CT molecular complexity index is 491. The van der Waals surface area contributed by atoms with Crippen LogP contribution in [0.15, 0.2) is 48.5 Å². The molecule has 2 nitrogen and oxygen atoms in total. The second kappa shape index (κ2) is 6.22. The highest BCUT2D eigenvalue weighted by atomic mass is 16.5. The zero-order valence-electron chi connectivity index (χ0n) is 10.9. The Balaban J connectivity index is 2.23. The quantitative estimate of drug-likeness (QED) is 0.865. The summed E-state index contributed by atoms with van der Waals surface area (Å²) >= 11 is 0. The molecule has 0 unspecified atom stereocenters. The summed E-state index contributed by atoms with van der Waals surface area (Å²) in [4.78, 5) is 0. The molecule has 0 aliphatic carbocycles. The Kier molecular flexibility index (Phi) is 4.37. The first kappa shape index (κ1) is 12.7. The third-order valence-electron chi connectivity index (χ3n) is 2.95. The van der Waals surface area contributed by atoms with Crippen LogP contribution in [0.25, 0.3) is 11.1 Å². The lowest BCUT2D eigenvalue weighted by molar-refractivity contribution is 0.416. The van der Waals surface area contributed by atoms with Gasteiger partial charge in [-0.2, -0.15) is 0 Å². The van der Waals surface area contributed by atoms with E-state index < -0.39 is 0 Å². The molecule has 0 aliphatic rings. The molecule has 0 fully saturated rings. The van der Waals surface area contributed by atoms with Gasteiger partial charge in [0.05, 0.1) is 7.11 Å². The molecule has 0 aliphatic heterocycles. The Morgan fingerprint density at radius 2 is 1.72 bits per heavy atom. The topological polar surface area (TPSA) is 21.3 Å². The predicted octanol–water partition coefficient (Wildman–Crippen LogP) is 3.47. The number of methoxy groups -OCH3 is 1. The summed E-state index contributed by atoms with van der Waals surface area (Å²) in [6, 6.07) is 16.7. The highest BCUT2D eigenvalue weighted by Gasteiger charge is 2.04. The van der Waals surface area contributed by atoms with Crippen molar-refractivity contribution in [1.29, 1.82) is 0 Å². The number of benzene rings is 2. The molecular formula is C16H19NO. The van der Waals surface area contributed by atoms with E-state index in [0.29, 0.717) is 0 Å². The van der Waals surface area contributed by atoms with Crippen molar-refractivity contribution in [3.63, 3.8) is 0 Å². The number of hydrogen-bond acceptors (Lipinski definition) is 2. The van der Waals surface area contributed by atoms with Gasteiger partial charge in [0, 0.05) is 12.1 Å². The molecule has 2 rings (SSSR count). The Labute approximate surface area is 109 Å². The maximum absolute atomic E-state index is 5.38. The van der Waals surface area contributed by atoms with Crippen molar-refractivity contribution < 1.29 is 4.74 Å². The van der Waals surface area contributed by atoms with E-state index in [1.807, 2.05) is 18.2 Å². The first-order valence-corrected chi connectivity index (χ1v) is 6.28. The fourth-order valence-electron chi connectivity index (χ4n) is 1.95. The van der Waals surface area contributed by atoms with E-state index in [-0.39, 0.29) is 0 Å². The van der Waals surface area contributed by atoms with Crippen molar-refractivity contribution in [2.75, 3.05) is 13.7 Å². The van der Waals surface area contributed by atoms with Crippen LogP contribution in [0.3, 0.4) is 0 Å². The molecule has 0 aromatic heterocycles. The molecule has 0 amide bonds. The van der Waals surface area contributed by atoms with Crippen molar-refractivity contribution >= 4 is 0 Å². The monoisotopic (exact) mass is 241 g/mol. The number of hydrogen-bond donors (Lipinski definition) is 1. The fourth-order valence-corrected chi connectivity index (χ4v) is 1.95. The van der Waals surface area contributed by atoms with Gasteiger partial charge in [-0.3, -0.25) is 0 Å². The third-order valence-corrected chi connectivity index (χ3v) is 2.95. The molecule has 0 saturated carbocycles. The van der Waals surface area contributed by atoms with Crippen LogP contribution >= 0.6 is 0 Å². The van der Waals surface area contributed by atoms with Gasteiger partial charge in [-0.15, -0.1) is 0 Å². The normalized spacial score (nSPS) is 10.3. The maximum Gasteiger partial charge on any atom is 0.126 e. The van der Waals surface area contributed by atoms with E-state index in [1.54, 1.807) is 7.11 Å². The Morgan fingerprint density at radius 3 is 2.39 bits per heavy atom. The van der Waals surface area contributed by atoms with Crippen LogP contribution in [0.5, 0.6) is 5.75 Å². The van der Waals surface area contributed by atoms with E-state index in [1.165, 1.54) is 11.1 Å². The highest BCUT2D eigenvalue weighted by molar-refractivity contribution is 5.70. The molecule has 0 saturated heterocycles. The molecule has 0 atom stereocenters. The lowest BCUT2D eigenvalue weighted by Gasteiger charge is -2.09. The van der Waals surface area contributed by atoms with Gasteiger partial charge in [-0.05, 0) is 23.7 Å². The minimum Gasteiger partial charge on any atom is -0.496 e. The predicted molar refractivity (Wildman–Crippen MR) is 75.8 cm³/mol. The molecule has 0 bridgehead atoms. The average molecular weight is 241 g/mol. The van der Waals surface area contributed by atoms with Gasteiger partial charge in [0.15, 0.2) is 0 Å². The largest absolute Gasteiger partial charge is 0.496 e. The second-order valence-electron chi connectivity index (χ2n) is 4.18. The zero-order chi connectivity index (χ0) is 12.8. The minimum atomic E-state index is 0.914. The van der Waals surface area contributed by atoms with Gasteiger partial charge in [0.2, 0.25) is 0 Å². The first-order chi connectivity index (χ1) is 8.85. The summed E-state index contributed by atoms with van der Waals surface area (Å²) < 4.78 is 5.38. The summed E-state index contributed by atoms with van der Waals surface area (Å²) in [5.41, 5.74) is 3.62. The molecule has 2 aromatic carbocycles.